The summed E-state index contributed by atoms with van der Waals surface area (Å²) in [5.41, 5.74) is 2.16. The third-order valence-electron chi connectivity index (χ3n) is 6.53. The number of carbonyl (C=O) groups is 1. The Labute approximate surface area is 180 Å². The molecule has 5 rings (SSSR count). The number of rotatable bonds is 6. The quantitative estimate of drug-likeness (QED) is 0.590. The maximum Gasteiger partial charge on any atom is 0.185 e. The van der Waals surface area contributed by atoms with Gasteiger partial charge in [0, 0.05) is 60.4 Å². The normalized spacial score (nSPS) is 23.0. The van der Waals surface area contributed by atoms with Crippen molar-refractivity contribution >= 4 is 28.3 Å². The number of H-pyrrole nitrogens is 1. The number of hydrogen-bond donors (Lipinski definition) is 2. The Morgan fingerprint density at radius 1 is 1.29 bits per heavy atom. The maximum absolute atomic E-state index is 13.7. The van der Waals surface area contributed by atoms with Crippen LogP contribution in [0.4, 0.5) is 11.6 Å². The average molecular weight is 416 g/mol. The number of nitrogens with one attached hydrogen (secondary N) is 2. The number of pyridine rings is 2. The molecule has 3 aromatic heterocycles. The van der Waals surface area contributed by atoms with Gasteiger partial charge in [-0.2, -0.15) is 10.4 Å². The molecule has 0 aromatic carbocycles. The van der Waals surface area contributed by atoms with Crippen LogP contribution >= 0.6 is 0 Å². The SMILES string of the molecule is Cc1cc(Nc2cc3ncccc3c(C(=O)C3C[C@H]4CC[C@@H](C3)N4CCC#N)n2)n[nH]1. The second-order valence-electron chi connectivity index (χ2n) is 8.55. The van der Waals surface area contributed by atoms with Crippen LogP contribution in [0.5, 0.6) is 0 Å². The van der Waals surface area contributed by atoms with Gasteiger partial charge in [-0.05, 0) is 44.7 Å². The van der Waals surface area contributed by atoms with Crippen LogP contribution in [0.25, 0.3) is 10.9 Å². The van der Waals surface area contributed by atoms with Gasteiger partial charge in [0.15, 0.2) is 11.6 Å². The number of aromatic nitrogens is 4. The van der Waals surface area contributed by atoms with Crippen LogP contribution in [0.15, 0.2) is 30.5 Å². The van der Waals surface area contributed by atoms with E-state index in [4.69, 9.17) is 10.2 Å². The Hall–Kier alpha value is -3.31. The maximum atomic E-state index is 13.7. The summed E-state index contributed by atoms with van der Waals surface area (Å²) in [6, 6.07) is 10.5. The highest BCUT2D eigenvalue weighted by Gasteiger charge is 2.43. The molecule has 31 heavy (non-hydrogen) atoms. The van der Waals surface area contributed by atoms with Gasteiger partial charge >= 0.3 is 0 Å². The molecule has 2 fully saturated rings. The molecule has 3 atom stereocenters. The molecule has 2 aliphatic rings. The Kier molecular flexibility index (Phi) is 5.12. The molecule has 0 amide bonds. The smallest absolute Gasteiger partial charge is 0.185 e. The molecular formula is C23H25N7O. The fourth-order valence-electron chi connectivity index (χ4n) is 5.17. The molecule has 5 heterocycles. The largest absolute Gasteiger partial charge is 0.323 e. The first kappa shape index (κ1) is 19.6. The number of fused-ring (bicyclic) bond motifs is 3. The lowest BCUT2D eigenvalue weighted by Crippen LogP contribution is -2.45. The van der Waals surface area contributed by atoms with Gasteiger partial charge in [-0.25, -0.2) is 4.98 Å². The number of ketones is 1. The van der Waals surface area contributed by atoms with Gasteiger partial charge in [0.1, 0.15) is 11.5 Å². The molecule has 2 N–H and O–H groups in total. The second kappa shape index (κ2) is 8.08. The lowest BCUT2D eigenvalue weighted by molar-refractivity contribution is 0.0706. The predicted octanol–water partition coefficient (Wildman–Crippen LogP) is 3.74. The predicted molar refractivity (Wildman–Crippen MR) is 117 cm³/mol. The lowest BCUT2D eigenvalue weighted by atomic mass is 9.85. The van der Waals surface area contributed by atoms with Crippen molar-refractivity contribution in [1.82, 2.24) is 25.1 Å². The van der Waals surface area contributed by atoms with Gasteiger partial charge in [-0.15, -0.1) is 0 Å². The van der Waals surface area contributed by atoms with Crippen molar-refractivity contribution in [3.05, 3.63) is 41.9 Å². The molecule has 0 radical (unpaired) electrons. The van der Waals surface area contributed by atoms with Crippen LogP contribution in [-0.2, 0) is 0 Å². The van der Waals surface area contributed by atoms with E-state index < -0.39 is 0 Å². The number of aromatic amines is 1. The standard InChI is InChI=1S/C23H25N7O/c1-14-10-21(29-28-14)26-20-13-19-18(4-2-8-25-19)22(27-20)23(31)15-11-16-5-6-17(12-15)30(16)9-3-7-24/h2,4,8,10,13,15-17H,3,5-6,9,11-12H2,1H3,(H2,26,27,28,29)/t15?,16-,17+. The number of aryl methyl sites for hydroxylation is 1. The lowest BCUT2D eigenvalue weighted by Gasteiger charge is -2.38. The van der Waals surface area contributed by atoms with E-state index >= 15 is 0 Å². The van der Waals surface area contributed by atoms with Crippen LogP contribution in [-0.4, -0.2) is 49.5 Å². The molecule has 0 saturated carbocycles. The van der Waals surface area contributed by atoms with Crippen molar-refractivity contribution in [2.24, 2.45) is 5.92 Å². The Balaban J connectivity index is 1.44. The minimum Gasteiger partial charge on any atom is -0.323 e. The van der Waals surface area contributed by atoms with Crippen molar-refractivity contribution < 1.29 is 4.79 Å². The van der Waals surface area contributed by atoms with E-state index in [2.05, 4.69) is 31.5 Å². The van der Waals surface area contributed by atoms with Crippen molar-refractivity contribution in [3.8, 4) is 6.07 Å². The zero-order chi connectivity index (χ0) is 21.4. The molecule has 0 spiro atoms. The summed E-state index contributed by atoms with van der Waals surface area (Å²) in [6.07, 6.45) is 6.16. The van der Waals surface area contributed by atoms with Crippen molar-refractivity contribution in [1.29, 1.82) is 5.26 Å². The zero-order valence-electron chi connectivity index (χ0n) is 17.5. The van der Waals surface area contributed by atoms with Crippen LogP contribution in [0, 0.1) is 24.2 Å². The third-order valence-corrected chi connectivity index (χ3v) is 6.53. The van der Waals surface area contributed by atoms with Gasteiger partial charge in [0.05, 0.1) is 11.6 Å². The van der Waals surface area contributed by atoms with E-state index in [1.807, 2.05) is 31.2 Å². The minimum atomic E-state index is -0.0466. The fraction of sp³-hybridized carbons (Fsp3) is 0.435. The second-order valence-corrected chi connectivity index (χ2v) is 8.55. The summed E-state index contributed by atoms with van der Waals surface area (Å²) in [4.78, 5) is 25.3. The van der Waals surface area contributed by atoms with Crippen LogP contribution in [0.1, 0.15) is 48.3 Å². The van der Waals surface area contributed by atoms with Crippen molar-refractivity contribution in [3.63, 3.8) is 0 Å². The third kappa shape index (κ3) is 3.77. The Morgan fingerprint density at radius 2 is 2.10 bits per heavy atom. The summed E-state index contributed by atoms with van der Waals surface area (Å²) in [6.45, 7) is 2.74. The van der Waals surface area contributed by atoms with Gasteiger partial charge < -0.3 is 5.32 Å². The van der Waals surface area contributed by atoms with Crippen molar-refractivity contribution in [2.75, 3.05) is 11.9 Å². The number of anilines is 2. The fourth-order valence-corrected chi connectivity index (χ4v) is 5.17. The summed E-state index contributed by atoms with van der Waals surface area (Å²) < 4.78 is 0. The van der Waals surface area contributed by atoms with E-state index in [-0.39, 0.29) is 11.7 Å². The Morgan fingerprint density at radius 3 is 2.81 bits per heavy atom. The first-order valence-corrected chi connectivity index (χ1v) is 10.8. The van der Waals surface area contributed by atoms with Crippen LogP contribution < -0.4 is 5.32 Å². The van der Waals surface area contributed by atoms with E-state index in [1.165, 1.54) is 0 Å². The summed E-state index contributed by atoms with van der Waals surface area (Å²) >= 11 is 0. The first-order valence-electron chi connectivity index (χ1n) is 10.8. The minimum absolute atomic E-state index is 0.0466. The molecule has 8 nitrogen and oxygen atoms in total. The zero-order valence-corrected chi connectivity index (χ0v) is 17.5. The molecule has 8 heteroatoms. The van der Waals surface area contributed by atoms with E-state index in [9.17, 15) is 4.79 Å². The number of piperidine rings is 1. The van der Waals surface area contributed by atoms with E-state index in [0.29, 0.717) is 35.8 Å². The highest BCUT2D eigenvalue weighted by atomic mass is 16.1. The number of nitriles is 1. The molecule has 1 unspecified atom stereocenters. The molecular weight excluding hydrogens is 390 g/mol. The molecule has 0 aliphatic carbocycles. The molecule has 2 aliphatic heterocycles. The number of Topliss-reactive ketones (excluding diaryl/α,β-unsaturated/α-hetero) is 1. The van der Waals surface area contributed by atoms with Gasteiger partial charge in [-0.1, -0.05) is 0 Å². The molecule has 3 aromatic rings. The van der Waals surface area contributed by atoms with Crippen LogP contribution in [0.3, 0.4) is 0 Å². The monoisotopic (exact) mass is 415 g/mol. The number of carbonyl (C=O) groups excluding carboxylic acids is 1. The first-order chi connectivity index (χ1) is 15.1. The topological polar surface area (TPSA) is 111 Å². The number of nitrogens with zero attached hydrogens (tertiary/aromatic N) is 5. The van der Waals surface area contributed by atoms with Gasteiger partial charge in [0.2, 0.25) is 0 Å². The Bertz CT molecular complexity index is 1150. The average Bonchev–Trinajstić information content (AvgIpc) is 3.28. The molecule has 158 valence electrons. The summed E-state index contributed by atoms with van der Waals surface area (Å²) in [7, 11) is 0. The van der Waals surface area contributed by atoms with Crippen molar-refractivity contribution in [2.45, 2.75) is 51.1 Å². The summed E-state index contributed by atoms with van der Waals surface area (Å²) in [5.74, 6) is 1.27. The highest BCUT2D eigenvalue weighted by Crippen LogP contribution is 2.40. The van der Waals surface area contributed by atoms with E-state index in [1.54, 1.807) is 6.20 Å². The summed E-state index contributed by atoms with van der Waals surface area (Å²) in [5, 5.41) is 20.0. The molecule has 2 saturated heterocycles. The van der Waals surface area contributed by atoms with Gasteiger partial charge in [0.25, 0.3) is 0 Å². The highest BCUT2D eigenvalue weighted by molar-refractivity contribution is 6.07. The van der Waals surface area contributed by atoms with Crippen LogP contribution in [0.2, 0.25) is 0 Å². The molecule has 2 bridgehead atoms. The van der Waals surface area contributed by atoms with Gasteiger partial charge in [-0.3, -0.25) is 19.8 Å². The number of hydrogen-bond acceptors (Lipinski definition) is 7. The van der Waals surface area contributed by atoms with E-state index in [0.717, 1.165) is 48.8 Å².